The second-order valence-electron chi connectivity index (χ2n) is 10.7. The lowest BCUT2D eigenvalue weighted by molar-refractivity contribution is 0.0938. The minimum absolute atomic E-state index is 0.00339. The van der Waals surface area contributed by atoms with E-state index in [9.17, 15) is 22.8 Å². The summed E-state index contributed by atoms with van der Waals surface area (Å²) in [6.07, 6.45) is 3.67. The van der Waals surface area contributed by atoms with Gasteiger partial charge < -0.3 is 20.1 Å². The number of benzene rings is 1. The quantitative estimate of drug-likeness (QED) is 0.566. The van der Waals surface area contributed by atoms with Gasteiger partial charge in [-0.2, -0.15) is 0 Å². The standard InChI is InChI=1S/C27H33F3N4O2/c1-15(19-7-4-8-20(24(19)28)26(29)30)31-27(36)21-14-34(18-5-3-6-18)23(35)11-22(21)32-25-16-9-10-17(25)13-33(2)12-16/h4,7-8,11,14-18,25-26,32H,3,5-6,9-10,12-13H2,1-2H3,(H,31,36)/t15-,16-,17+,25?/m0/s1. The molecule has 3 fully saturated rings. The number of likely N-dealkylation sites (tertiary alicyclic amines) is 1. The van der Waals surface area contributed by atoms with E-state index in [1.165, 1.54) is 18.2 Å². The second-order valence-corrected chi connectivity index (χ2v) is 10.7. The average molecular weight is 503 g/mol. The zero-order valence-corrected chi connectivity index (χ0v) is 20.6. The van der Waals surface area contributed by atoms with E-state index in [0.717, 1.165) is 51.3 Å². The number of nitrogens with zero attached hydrogens (tertiary/aromatic N) is 2. The number of nitrogens with one attached hydrogen (secondary N) is 2. The van der Waals surface area contributed by atoms with Gasteiger partial charge in [-0.3, -0.25) is 9.59 Å². The third-order valence-corrected chi connectivity index (χ3v) is 8.24. The largest absolute Gasteiger partial charge is 0.381 e. The lowest BCUT2D eigenvalue weighted by atomic mass is 9.91. The number of pyridine rings is 1. The molecule has 1 amide bonds. The van der Waals surface area contributed by atoms with E-state index in [0.29, 0.717) is 23.1 Å². The highest BCUT2D eigenvalue weighted by molar-refractivity contribution is 5.99. The molecule has 5 rings (SSSR count). The number of anilines is 1. The van der Waals surface area contributed by atoms with Crippen LogP contribution in [0.2, 0.25) is 0 Å². The predicted octanol–water partition coefficient (Wildman–Crippen LogP) is 4.89. The topological polar surface area (TPSA) is 66.4 Å². The summed E-state index contributed by atoms with van der Waals surface area (Å²) >= 11 is 0. The van der Waals surface area contributed by atoms with Crippen LogP contribution in [0.5, 0.6) is 0 Å². The number of halogens is 3. The summed E-state index contributed by atoms with van der Waals surface area (Å²) in [4.78, 5) is 28.8. The van der Waals surface area contributed by atoms with E-state index in [1.807, 2.05) is 0 Å². The van der Waals surface area contributed by atoms with Crippen molar-refractivity contribution in [1.29, 1.82) is 0 Å². The number of aromatic nitrogens is 1. The van der Waals surface area contributed by atoms with Crippen LogP contribution < -0.4 is 16.2 Å². The summed E-state index contributed by atoms with van der Waals surface area (Å²) in [5, 5.41) is 6.31. The molecule has 1 aliphatic heterocycles. The summed E-state index contributed by atoms with van der Waals surface area (Å²) in [6.45, 7) is 3.50. The molecular weight excluding hydrogens is 469 g/mol. The van der Waals surface area contributed by atoms with E-state index < -0.39 is 29.8 Å². The first-order valence-corrected chi connectivity index (χ1v) is 12.8. The van der Waals surface area contributed by atoms with Crippen LogP contribution >= 0.6 is 0 Å². The molecule has 2 aliphatic carbocycles. The molecule has 2 bridgehead atoms. The second kappa shape index (κ2) is 9.92. The van der Waals surface area contributed by atoms with Gasteiger partial charge in [-0.05, 0) is 57.9 Å². The summed E-state index contributed by atoms with van der Waals surface area (Å²) in [6, 6.07) is 4.71. The van der Waals surface area contributed by atoms with E-state index in [4.69, 9.17) is 0 Å². The Labute approximate surface area is 208 Å². The van der Waals surface area contributed by atoms with Crippen molar-refractivity contribution in [3.8, 4) is 0 Å². The maximum absolute atomic E-state index is 14.7. The van der Waals surface area contributed by atoms with Crippen molar-refractivity contribution in [2.75, 3.05) is 25.5 Å². The first-order chi connectivity index (χ1) is 17.2. The van der Waals surface area contributed by atoms with Gasteiger partial charge in [0.15, 0.2) is 0 Å². The highest BCUT2D eigenvalue weighted by Crippen LogP contribution is 2.39. The monoisotopic (exact) mass is 502 g/mol. The van der Waals surface area contributed by atoms with E-state index in [2.05, 4.69) is 22.6 Å². The van der Waals surface area contributed by atoms with Crippen LogP contribution in [0.4, 0.5) is 18.9 Å². The van der Waals surface area contributed by atoms with Gasteiger partial charge >= 0.3 is 0 Å². The summed E-state index contributed by atoms with van der Waals surface area (Å²) < 4.78 is 42.7. The van der Waals surface area contributed by atoms with Crippen LogP contribution in [-0.2, 0) is 0 Å². The summed E-state index contributed by atoms with van der Waals surface area (Å²) in [7, 11) is 2.11. The van der Waals surface area contributed by atoms with E-state index in [-0.39, 0.29) is 23.2 Å². The maximum atomic E-state index is 14.7. The SMILES string of the molecule is C[C@H](NC(=O)c1cn(C2CCC2)c(=O)cc1NC1[C@@H]2CC[C@H]1CN(C)C2)c1cccc(C(F)F)c1F. The molecule has 2 heterocycles. The Bertz CT molecular complexity index is 1180. The number of alkyl halides is 2. The minimum Gasteiger partial charge on any atom is -0.381 e. The van der Waals surface area contributed by atoms with Gasteiger partial charge in [-0.15, -0.1) is 0 Å². The molecule has 2 aromatic rings. The predicted molar refractivity (Wildman–Crippen MR) is 132 cm³/mol. The van der Waals surface area contributed by atoms with Crippen LogP contribution in [0.15, 0.2) is 35.3 Å². The third-order valence-electron chi connectivity index (χ3n) is 8.24. The van der Waals surface area contributed by atoms with Gasteiger partial charge in [0.1, 0.15) is 5.82 Å². The van der Waals surface area contributed by atoms with Gasteiger partial charge in [0.2, 0.25) is 0 Å². The zero-order valence-electron chi connectivity index (χ0n) is 20.6. The molecule has 3 aliphatic rings. The average Bonchev–Trinajstić information content (AvgIpc) is 3.02. The Kier molecular flexibility index (Phi) is 6.85. The fourth-order valence-electron chi connectivity index (χ4n) is 6.09. The zero-order chi connectivity index (χ0) is 25.6. The highest BCUT2D eigenvalue weighted by Gasteiger charge is 2.41. The Morgan fingerprint density at radius 3 is 2.36 bits per heavy atom. The fraction of sp³-hybridized carbons (Fsp3) is 0.556. The molecule has 6 nitrogen and oxygen atoms in total. The number of fused-ring (bicyclic) bond motifs is 2. The van der Waals surface area contributed by atoms with Crippen LogP contribution in [0.1, 0.15) is 79.0 Å². The van der Waals surface area contributed by atoms with Gasteiger partial charge in [0, 0.05) is 43.0 Å². The Balaban J connectivity index is 1.44. The van der Waals surface area contributed by atoms with Gasteiger partial charge in [0.05, 0.1) is 22.9 Å². The Morgan fingerprint density at radius 1 is 1.08 bits per heavy atom. The summed E-state index contributed by atoms with van der Waals surface area (Å²) in [5.74, 6) is -0.617. The van der Waals surface area contributed by atoms with Crippen LogP contribution in [0, 0.1) is 17.7 Å². The molecule has 194 valence electrons. The van der Waals surface area contributed by atoms with Crippen LogP contribution in [-0.4, -0.2) is 41.6 Å². The number of piperidine rings is 1. The number of amides is 1. The van der Waals surface area contributed by atoms with Gasteiger partial charge in [-0.25, -0.2) is 13.2 Å². The third kappa shape index (κ3) is 4.65. The lowest BCUT2D eigenvalue weighted by Gasteiger charge is -2.37. The summed E-state index contributed by atoms with van der Waals surface area (Å²) in [5.41, 5.74) is -0.0445. The van der Waals surface area contributed by atoms with Crippen LogP contribution in [0.3, 0.4) is 0 Å². The molecule has 9 heteroatoms. The highest BCUT2D eigenvalue weighted by atomic mass is 19.3. The lowest BCUT2D eigenvalue weighted by Crippen LogP contribution is -2.47. The Morgan fingerprint density at radius 2 is 1.75 bits per heavy atom. The van der Waals surface area contributed by atoms with Crippen molar-refractivity contribution in [2.24, 2.45) is 11.8 Å². The molecule has 0 spiro atoms. The molecule has 1 aromatic carbocycles. The van der Waals surface area contributed by atoms with Crippen molar-refractivity contribution in [2.45, 2.75) is 63.6 Å². The molecular formula is C27H33F3N4O2. The van der Waals surface area contributed by atoms with Crippen molar-refractivity contribution < 1.29 is 18.0 Å². The minimum atomic E-state index is -2.94. The molecule has 4 atom stereocenters. The smallest absolute Gasteiger partial charge is 0.266 e. The molecule has 2 saturated carbocycles. The molecule has 1 unspecified atom stereocenters. The fourth-order valence-corrected chi connectivity index (χ4v) is 6.09. The molecule has 1 aromatic heterocycles. The van der Waals surface area contributed by atoms with Gasteiger partial charge in [-0.1, -0.05) is 18.2 Å². The molecule has 2 N–H and O–H groups in total. The first-order valence-electron chi connectivity index (χ1n) is 12.8. The van der Waals surface area contributed by atoms with Crippen molar-refractivity contribution in [3.05, 3.63) is 63.3 Å². The van der Waals surface area contributed by atoms with Gasteiger partial charge in [0.25, 0.3) is 17.9 Å². The number of hydrogen-bond donors (Lipinski definition) is 2. The van der Waals surface area contributed by atoms with E-state index in [1.54, 1.807) is 17.7 Å². The molecule has 36 heavy (non-hydrogen) atoms. The number of rotatable bonds is 7. The van der Waals surface area contributed by atoms with Crippen molar-refractivity contribution in [1.82, 2.24) is 14.8 Å². The van der Waals surface area contributed by atoms with Crippen molar-refractivity contribution >= 4 is 11.6 Å². The number of carbonyl (C=O) groups excluding carboxylic acids is 1. The normalized spacial score (nSPS) is 25.0. The maximum Gasteiger partial charge on any atom is 0.266 e. The number of hydrogen-bond acceptors (Lipinski definition) is 4. The molecule has 0 radical (unpaired) electrons. The first kappa shape index (κ1) is 24.9. The van der Waals surface area contributed by atoms with Crippen LogP contribution in [0.25, 0.3) is 0 Å². The van der Waals surface area contributed by atoms with E-state index >= 15 is 0 Å². The Hall–Kier alpha value is -2.81. The molecule has 1 saturated heterocycles. The van der Waals surface area contributed by atoms with Crippen molar-refractivity contribution in [3.63, 3.8) is 0 Å². The number of carbonyl (C=O) groups is 1.